The van der Waals surface area contributed by atoms with Crippen LogP contribution in [0.4, 0.5) is 13.2 Å². The molecule has 0 aromatic carbocycles. The van der Waals surface area contributed by atoms with E-state index in [2.05, 4.69) is 20.9 Å². The summed E-state index contributed by atoms with van der Waals surface area (Å²) in [5, 5.41) is 7.12. The van der Waals surface area contributed by atoms with Crippen LogP contribution in [0.2, 0.25) is 0 Å². The highest BCUT2D eigenvalue weighted by Gasteiger charge is 2.47. The number of likely N-dealkylation sites (tertiary alicyclic amines) is 2. The van der Waals surface area contributed by atoms with Gasteiger partial charge in [-0.15, -0.1) is 0 Å². The minimum Gasteiger partial charge on any atom is -0.481 e. The first-order valence-electron chi connectivity index (χ1n) is 10.6. The number of carbonyl (C=O) groups excluding carboxylic acids is 1. The molecule has 0 bridgehead atoms. The average Bonchev–Trinajstić information content (AvgIpc) is 3.28. The highest BCUT2D eigenvalue weighted by atomic mass is 19.4. The molecule has 4 heterocycles. The SMILES string of the molecule is COc1ncccc1CN1CC[C@@H]2[C@@H]1CC(=O)N2CC1CCOCC1.O=C(O)C(F)(F)F. The number of hydrogen-bond acceptors (Lipinski definition) is 6. The Morgan fingerprint density at radius 3 is 2.59 bits per heavy atom. The number of carbonyl (C=O) groups is 2. The van der Waals surface area contributed by atoms with Gasteiger partial charge in [-0.25, -0.2) is 9.78 Å². The number of carboxylic acids is 1. The zero-order valence-corrected chi connectivity index (χ0v) is 17.9. The van der Waals surface area contributed by atoms with Gasteiger partial charge in [-0.1, -0.05) is 6.07 Å². The summed E-state index contributed by atoms with van der Waals surface area (Å²) in [4.78, 5) is 30.4. The zero-order chi connectivity index (χ0) is 23.3. The monoisotopic (exact) mass is 459 g/mol. The number of rotatable bonds is 5. The Balaban J connectivity index is 0.000000360. The van der Waals surface area contributed by atoms with E-state index in [4.69, 9.17) is 19.4 Å². The number of pyridine rings is 1. The number of methoxy groups -OCH3 is 1. The molecular weight excluding hydrogens is 431 g/mol. The molecule has 8 nitrogen and oxygen atoms in total. The molecule has 3 aliphatic rings. The van der Waals surface area contributed by atoms with Crippen LogP contribution in [0.1, 0.15) is 31.2 Å². The largest absolute Gasteiger partial charge is 0.490 e. The summed E-state index contributed by atoms with van der Waals surface area (Å²) in [7, 11) is 1.66. The van der Waals surface area contributed by atoms with Crippen molar-refractivity contribution in [3.8, 4) is 5.88 Å². The van der Waals surface area contributed by atoms with Crippen LogP contribution in [0.25, 0.3) is 0 Å². The number of aliphatic carboxylic acids is 1. The smallest absolute Gasteiger partial charge is 0.481 e. The van der Waals surface area contributed by atoms with Gasteiger partial charge in [0, 0.05) is 63.1 Å². The summed E-state index contributed by atoms with van der Waals surface area (Å²) in [6.45, 7) is 4.43. The number of alkyl halides is 3. The Kier molecular flexibility index (Phi) is 7.94. The number of hydrogen-bond donors (Lipinski definition) is 1. The molecule has 0 spiro atoms. The second-order valence-corrected chi connectivity index (χ2v) is 8.17. The lowest BCUT2D eigenvalue weighted by Gasteiger charge is -2.31. The van der Waals surface area contributed by atoms with Crippen LogP contribution in [0.3, 0.4) is 0 Å². The predicted octanol–water partition coefficient (Wildman–Crippen LogP) is 2.33. The lowest BCUT2D eigenvalue weighted by atomic mass is 9.99. The van der Waals surface area contributed by atoms with Gasteiger partial charge in [0.15, 0.2) is 0 Å². The Morgan fingerprint density at radius 2 is 1.97 bits per heavy atom. The lowest BCUT2D eigenvalue weighted by molar-refractivity contribution is -0.192. The summed E-state index contributed by atoms with van der Waals surface area (Å²) < 4.78 is 42.6. The summed E-state index contributed by atoms with van der Waals surface area (Å²) >= 11 is 0. The van der Waals surface area contributed by atoms with Crippen molar-refractivity contribution >= 4 is 11.9 Å². The van der Waals surface area contributed by atoms with Crippen molar-refractivity contribution in [3.63, 3.8) is 0 Å². The molecule has 0 saturated carbocycles. The van der Waals surface area contributed by atoms with E-state index in [9.17, 15) is 18.0 Å². The van der Waals surface area contributed by atoms with E-state index in [0.29, 0.717) is 36.2 Å². The van der Waals surface area contributed by atoms with Gasteiger partial charge in [-0.3, -0.25) is 9.69 Å². The first-order chi connectivity index (χ1) is 15.2. The van der Waals surface area contributed by atoms with Gasteiger partial charge < -0.3 is 19.5 Å². The molecule has 1 N–H and O–H groups in total. The fraction of sp³-hybridized carbons (Fsp3) is 0.667. The summed E-state index contributed by atoms with van der Waals surface area (Å²) in [5.41, 5.74) is 1.10. The van der Waals surface area contributed by atoms with E-state index in [1.165, 1.54) is 0 Å². The van der Waals surface area contributed by atoms with E-state index in [1.54, 1.807) is 13.3 Å². The molecule has 32 heavy (non-hydrogen) atoms. The van der Waals surface area contributed by atoms with Crippen LogP contribution in [0.5, 0.6) is 5.88 Å². The number of ether oxygens (including phenoxy) is 2. The van der Waals surface area contributed by atoms with E-state index in [-0.39, 0.29) is 0 Å². The Morgan fingerprint density at radius 1 is 1.28 bits per heavy atom. The van der Waals surface area contributed by atoms with Gasteiger partial charge in [0.1, 0.15) is 0 Å². The maximum absolute atomic E-state index is 12.6. The molecule has 1 aromatic rings. The van der Waals surface area contributed by atoms with Crippen molar-refractivity contribution in [2.24, 2.45) is 5.92 Å². The number of nitrogens with zero attached hydrogens (tertiary/aromatic N) is 3. The number of amides is 1. The van der Waals surface area contributed by atoms with Crippen LogP contribution in [0.15, 0.2) is 18.3 Å². The molecule has 3 fully saturated rings. The number of fused-ring (bicyclic) bond motifs is 1. The molecule has 1 aromatic heterocycles. The van der Waals surface area contributed by atoms with Crippen molar-refractivity contribution in [3.05, 3.63) is 23.9 Å². The van der Waals surface area contributed by atoms with Crippen molar-refractivity contribution in [2.75, 3.05) is 33.4 Å². The fourth-order valence-electron chi connectivity index (χ4n) is 4.60. The molecule has 11 heteroatoms. The van der Waals surface area contributed by atoms with Crippen molar-refractivity contribution in [2.45, 2.75) is 50.5 Å². The Labute approximate surface area is 184 Å². The minimum atomic E-state index is -5.08. The zero-order valence-electron chi connectivity index (χ0n) is 17.9. The molecule has 1 amide bonds. The van der Waals surface area contributed by atoms with Crippen LogP contribution in [0, 0.1) is 5.92 Å². The van der Waals surface area contributed by atoms with Gasteiger partial charge in [-0.2, -0.15) is 13.2 Å². The Bertz CT molecular complexity index is 801. The van der Waals surface area contributed by atoms with E-state index in [1.807, 2.05) is 6.07 Å². The molecule has 3 saturated heterocycles. The maximum atomic E-state index is 12.6. The normalized spacial score (nSPS) is 24.1. The predicted molar refractivity (Wildman–Crippen MR) is 107 cm³/mol. The number of halogens is 3. The van der Waals surface area contributed by atoms with Gasteiger partial charge >= 0.3 is 12.1 Å². The second kappa shape index (κ2) is 10.5. The molecule has 0 radical (unpaired) electrons. The number of aromatic nitrogens is 1. The molecular formula is C21H28F3N3O5. The third-order valence-electron chi connectivity index (χ3n) is 6.18. The summed E-state index contributed by atoms with van der Waals surface area (Å²) in [6.07, 6.45) is 0.554. The first-order valence-corrected chi connectivity index (χ1v) is 10.6. The van der Waals surface area contributed by atoms with Gasteiger partial charge in [0.05, 0.1) is 7.11 Å². The second-order valence-electron chi connectivity index (χ2n) is 8.17. The standard InChI is InChI=1S/C19H27N3O3.C2HF3O2/c1-24-19-15(3-2-7-20-19)13-21-8-4-16-17(21)11-18(23)22(16)12-14-5-9-25-10-6-14;3-2(4,5)1(6)7/h2-3,7,14,16-17H,4-6,8-13H2,1H3;(H,6,7)/t16-,17+;/m1./s1. The maximum Gasteiger partial charge on any atom is 0.490 e. The van der Waals surface area contributed by atoms with Crippen LogP contribution < -0.4 is 4.74 Å². The van der Waals surface area contributed by atoms with Gasteiger partial charge in [-0.05, 0) is 31.2 Å². The Hall–Kier alpha value is -2.40. The quantitative estimate of drug-likeness (QED) is 0.723. The van der Waals surface area contributed by atoms with Gasteiger partial charge in [0.25, 0.3) is 0 Å². The molecule has 0 unspecified atom stereocenters. The topological polar surface area (TPSA) is 92.2 Å². The molecule has 4 rings (SSSR count). The minimum absolute atomic E-state index is 0.323. The highest BCUT2D eigenvalue weighted by Crippen LogP contribution is 2.35. The van der Waals surface area contributed by atoms with Crippen LogP contribution in [-0.4, -0.2) is 83.4 Å². The highest BCUT2D eigenvalue weighted by molar-refractivity contribution is 5.80. The van der Waals surface area contributed by atoms with E-state index < -0.39 is 12.1 Å². The van der Waals surface area contributed by atoms with Gasteiger partial charge in [0.2, 0.25) is 11.8 Å². The molecule has 3 aliphatic heterocycles. The van der Waals surface area contributed by atoms with E-state index in [0.717, 1.165) is 57.7 Å². The van der Waals surface area contributed by atoms with Crippen molar-refractivity contribution < 1.29 is 37.3 Å². The average molecular weight is 459 g/mol. The van der Waals surface area contributed by atoms with Crippen LogP contribution >= 0.6 is 0 Å². The summed E-state index contributed by atoms with van der Waals surface area (Å²) in [6, 6.07) is 4.72. The van der Waals surface area contributed by atoms with Crippen molar-refractivity contribution in [1.82, 2.24) is 14.8 Å². The van der Waals surface area contributed by atoms with E-state index >= 15 is 0 Å². The lowest BCUT2D eigenvalue weighted by Crippen LogP contribution is -2.40. The van der Waals surface area contributed by atoms with Crippen molar-refractivity contribution in [1.29, 1.82) is 0 Å². The fourth-order valence-corrected chi connectivity index (χ4v) is 4.60. The van der Waals surface area contributed by atoms with Crippen LogP contribution in [-0.2, 0) is 20.9 Å². The molecule has 178 valence electrons. The third kappa shape index (κ3) is 5.89. The number of carboxylic acid groups (broad SMARTS) is 1. The first kappa shape index (κ1) is 24.2. The molecule has 0 aliphatic carbocycles. The summed E-state index contributed by atoms with van der Waals surface area (Å²) in [5.74, 6) is -1.14. The third-order valence-corrected chi connectivity index (χ3v) is 6.18. The molecule has 2 atom stereocenters.